The standard InChI is InChI=1S/C24H24FNO4S.C19H23NO4S/c1-24(2,3)30-23(27)19-10-7-11-21(16-19)26(17-18-8-5-4-6-9-18)31(28,29)22-14-12-20(25)13-15-22;1-19(2,3)24-18(21)16-10-7-11-17(14-16)20-25(22,23)13-12-15-8-5-4-6-9-15/h4-16H,17H2,1-3H3;4-11,14,20H,12-13H2,1-3H3. The van der Waals surface area contributed by atoms with Crippen molar-refractivity contribution in [2.75, 3.05) is 14.8 Å². The lowest BCUT2D eigenvalue weighted by Crippen LogP contribution is -2.31. The second-order valence-electron chi connectivity index (χ2n) is 14.7. The predicted octanol–water partition coefficient (Wildman–Crippen LogP) is 8.80. The molecule has 5 rings (SSSR count). The fraction of sp³-hybridized carbons (Fsp3) is 0.256. The Bertz CT molecular complexity index is 2310. The summed E-state index contributed by atoms with van der Waals surface area (Å²) in [5.41, 5.74) is 1.61. The average molecular weight is 803 g/mol. The highest BCUT2D eigenvalue weighted by molar-refractivity contribution is 7.93. The minimum Gasteiger partial charge on any atom is -0.456 e. The van der Waals surface area contributed by atoms with Gasteiger partial charge in [0.15, 0.2) is 0 Å². The number of carbonyl (C=O) groups is 2. The first-order chi connectivity index (χ1) is 26.2. The molecule has 10 nitrogen and oxygen atoms in total. The van der Waals surface area contributed by atoms with Crippen molar-refractivity contribution in [3.05, 3.63) is 162 Å². The Labute approximate surface area is 329 Å². The molecule has 0 aliphatic heterocycles. The van der Waals surface area contributed by atoms with Gasteiger partial charge in [-0.1, -0.05) is 72.8 Å². The molecular formula is C43H47FN2O8S2. The molecule has 0 aliphatic carbocycles. The Morgan fingerprint density at radius 1 is 0.625 bits per heavy atom. The highest BCUT2D eigenvalue weighted by Gasteiger charge is 2.27. The van der Waals surface area contributed by atoms with Crippen LogP contribution in [0.4, 0.5) is 15.8 Å². The van der Waals surface area contributed by atoms with Crippen molar-refractivity contribution < 1.29 is 40.3 Å². The summed E-state index contributed by atoms with van der Waals surface area (Å²) >= 11 is 0. The number of rotatable bonds is 12. The Morgan fingerprint density at radius 3 is 1.66 bits per heavy atom. The fourth-order valence-electron chi connectivity index (χ4n) is 5.10. The van der Waals surface area contributed by atoms with E-state index in [4.69, 9.17) is 9.47 Å². The number of hydrogen-bond donors (Lipinski definition) is 1. The van der Waals surface area contributed by atoms with Gasteiger partial charge in [0.1, 0.15) is 17.0 Å². The van der Waals surface area contributed by atoms with Crippen LogP contribution in [0.2, 0.25) is 0 Å². The van der Waals surface area contributed by atoms with Crippen molar-refractivity contribution in [3.8, 4) is 0 Å². The summed E-state index contributed by atoms with van der Waals surface area (Å²) in [7, 11) is -7.54. The second-order valence-corrected chi connectivity index (χ2v) is 18.4. The fourth-order valence-corrected chi connectivity index (χ4v) is 7.63. The normalized spacial score (nSPS) is 11.8. The van der Waals surface area contributed by atoms with E-state index in [1.165, 1.54) is 28.6 Å². The maximum Gasteiger partial charge on any atom is 0.338 e. The van der Waals surface area contributed by atoms with E-state index in [0.29, 0.717) is 23.4 Å². The molecule has 5 aromatic carbocycles. The van der Waals surface area contributed by atoms with E-state index in [1.54, 1.807) is 77.9 Å². The highest BCUT2D eigenvalue weighted by atomic mass is 32.2. The maximum absolute atomic E-state index is 13.4. The molecule has 13 heteroatoms. The lowest BCUT2D eigenvalue weighted by molar-refractivity contribution is 0.00571. The molecule has 0 unspecified atom stereocenters. The van der Waals surface area contributed by atoms with Gasteiger partial charge in [0.2, 0.25) is 10.0 Å². The van der Waals surface area contributed by atoms with Crippen molar-refractivity contribution in [1.82, 2.24) is 0 Å². The van der Waals surface area contributed by atoms with Gasteiger partial charge in [-0.05, 0) is 120 Å². The van der Waals surface area contributed by atoms with Gasteiger partial charge >= 0.3 is 11.9 Å². The molecule has 0 atom stereocenters. The van der Waals surface area contributed by atoms with E-state index in [-0.39, 0.29) is 22.8 Å². The van der Waals surface area contributed by atoms with Crippen LogP contribution in [0.1, 0.15) is 73.4 Å². The molecule has 296 valence electrons. The minimum absolute atomic E-state index is 0.0340. The molecule has 0 saturated carbocycles. The summed E-state index contributed by atoms with van der Waals surface area (Å²) < 4.78 is 79.2. The molecule has 5 aromatic rings. The quantitative estimate of drug-likeness (QED) is 0.124. The summed E-state index contributed by atoms with van der Waals surface area (Å²) in [5, 5.41) is 0. The summed E-state index contributed by atoms with van der Waals surface area (Å²) in [6.07, 6.45) is 0.419. The van der Waals surface area contributed by atoms with Crippen LogP contribution < -0.4 is 9.03 Å². The van der Waals surface area contributed by atoms with Crippen LogP contribution in [0, 0.1) is 5.82 Å². The van der Waals surface area contributed by atoms with Crippen molar-refractivity contribution in [1.29, 1.82) is 0 Å². The van der Waals surface area contributed by atoms with Crippen molar-refractivity contribution in [2.45, 2.75) is 70.6 Å². The van der Waals surface area contributed by atoms with Crippen LogP contribution in [0.3, 0.4) is 0 Å². The molecule has 0 fully saturated rings. The summed E-state index contributed by atoms with van der Waals surface area (Å²) in [4.78, 5) is 24.6. The summed E-state index contributed by atoms with van der Waals surface area (Å²) in [5.74, 6) is -1.60. The number of nitrogens with zero attached hydrogens (tertiary/aromatic N) is 1. The van der Waals surface area contributed by atoms with Crippen LogP contribution in [-0.2, 0) is 42.5 Å². The van der Waals surface area contributed by atoms with Gasteiger partial charge in [-0.3, -0.25) is 9.03 Å². The Morgan fingerprint density at radius 2 is 1.12 bits per heavy atom. The van der Waals surface area contributed by atoms with Crippen molar-refractivity contribution in [2.24, 2.45) is 0 Å². The number of halogens is 1. The van der Waals surface area contributed by atoms with Gasteiger partial charge in [-0.15, -0.1) is 0 Å². The SMILES string of the molecule is CC(C)(C)OC(=O)c1cccc(N(Cc2ccccc2)S(=O)(=O)c2ccc(F)cc2)c1.CC(C)(C)OC(=O)c1cccc(NS(=O)(=O)CCc2ccccc2)c1. The Kier molecular flexibility index (Phi) is 14.2. The number of anilines is 2. The van der Waals surface area contributed by atoms with Crippen LogP contribution in [0.5, 0.6) is 0 Å². The summed E-state index contributed by atoms with van der Waals surface area (Å²) in [6.45, 7) is 10.7. The third kappa shape index (κ3) is 13.6. The molecule has 0 heterocycles. The number of aryl methyl sites for hydroxylation is 1. The Balaban J connectivity index is 0.000000255. The first-order valence-electron chi connectivity index (χ1n) is 17.7. The van der Waals surface area contributed by atoms with E-state index in [9.17, 15) is 30.8 Å². The highest BCUT2D eigenvalue weighted by Crippen LogP contribution is 2.28. The maximum atomic E-state index is 13.4. The Hall–Kier alpha value is -5.53. The third-order valence-corrected chi connectivity index (χ3v) is 10.7. The van der Waals surface area contributed by atoms with Crippen LogP contribution in [0.25, 0.3) is 0 Å². The lowest BCUT2D eigenvalue weighted by atomic mass is 10.1. The molecule has 0 spiro atoms. The molecule has 0 aromatic heterocycles. The van der Waals surface area contributed by atoms with Crippen LogP contribution >= 0.6 is 0 Å². The van der Waals surface area contributed by atoms with Crippen molar-refractivity contribution in [3.63, 3.8) is 0 Å². The van der Waals surface area contributed by atoms with Gasteiger partial charge in [-0.25, -0.2) is 30.8 Å². The first-order valence-corrected chi connectivity index (χ1v) is 20.8. The van der Waals surface area contributed by atoms with E-state index in [0.717, 1.165) is 23.3 Å². The van der Waals surface area contributed by atoms with E-state index >= 15 is 0 Å². The van der Waals surface area contributed by atoms with E-state index < -0.39 is 49.0 Å². The molecule has 0 radical (unpaired) electrons. The van der Waals surface area contributed by atoms with Gasteiger partial charge in [0.05, 0.1) is 34.0 Å². The number of nitrogens with one attached hydrogen (secondary N) is 1. The van der Waals surface area contributed by atoms with Gasteiger partial charge in [0, 0.05) is 5.69 Å². The molecule has 1 N–H and O–H groups in total. The zero-order valence-corrected chi connectivity index (χ0v) is 33.9. The lowest BCUT2D eigenvalue weighted by Gasteiger charge is -2.25. The second kappa shape index (κ2) is 18.4. The number of ether oxygens (including phenoxy) is 2. The summed E-state index contributed by atoms with van der Waals surface area (Å²) in [6, 6.07) is 35.7. The van der Waals surface area contributed by atoms with Gasteiger partial charge < -0.3 is 9.47 Å². The molecule has 0 bridgehead atoms. The third-order valence-electron chi connectivity index (χ3n) is 7.61. The molecule has 0 saturated heterocycles. The van der Waals surface area contributed by atoms with E-state index in [2.05, 4.69) is 4.72 Å². The zero-order valence-electron chi connectivity index (χ0n) is 32.2. The molecule has 0 aliphatic rings. The van der Waals surface area contributed by atoms with Gasteiger partial charge in [0.25, 0.3) is 10.0 Å². The first kappa shape index (κ1) is 43.2. The smallest absolute Gasteiger partial charge is 0.338 e. The number of carbonyl (C=O) groups excluding carboxylic acids is 2. The van der Waals surface area contributed by atoms with Gasteiger partial charge in [-0.2, -0.15) is 0 Å². The van der Waals surface area contributed by atoms with E-state index in [1.807, 2.05) is 60.7 Å². The minimum atomic E-state index is -4.03. The monoisotopic (exact) mass is 802 g/mol. The topological polar surface area (TPSA) is 136 Å². The molecular weight excluding hydrogens is 756 g/mol. The molecule has 0 amide bonds. The average Bonchev–Trinajstić information content (AvgIpc) is 3.13. The van der Waals surface area contributed by atoms with Crippen LogP contribution in [0.15, 0.2) is 138 Å². The molecule has 56 heavy (non-hydrogen) atoms. The number of sulfonamides is 2. The number of hydrogen-bond acceptors (Lipinski definition) is 8. The van der Waals surface area contributed by atoms with Crippen LogP contribution in [-0.4, -0.2) is 45.7 Å². The van der Waals surface area contributed by atoms with Crippen molar-refractivity contribution >= 4 is 43.4 Å². The zero-order chi connectivity index (χ0) is 41.1. The number of benzene rings is 5. The largest absolute Gasteiger partial charge is 0.456 e. The number of esters is 2. The predicted molar refractivity (Wildman–Crippen MR) is 217 cm³/mol.